The molecule has 1 amide bonds. The summed E-state index contributed by atoms with van der Waals surface area (Å²) in [7, 11) is 0. The summed E-state index contributed by atoms with van der Waals surface area (Å²) in [6, 6.07) is 2.14. The molecule has 1 fully saturated rings. The fourth-order valence-corrected chi connectivity index (χ4v) is 4.69. The van der Waals surface area contributed by atoms with E-state index in [2.05, 4.69) is 20.7 Å². The molecule has 7 heteroatoms. The van der Waals surface area contributed by atoms with Gasteiger partial charge in [-0.1, -0.05) is 12.8 Å². The van der Waals surface area contributed by atoms with Crippen molar-refractivity contribution in [1.82, 2.24) is 20.1 Å². The topological polar surface area (TPSA) is 71.8 Å². The molecule has 6 nitrogen and oxygen atoms in total. The van der Waals surface area contributed by atoms with Gasteiger partial charge in [0.05, 0.1) is 11.7 Å². The summed E-state index contributed by atoms with van der Waals surface area (Å²) in [4.78, 5) is 18.5. The van der Waals surface area contributed by atoms with E-state index in [0.717, 1.165) is 38.8 Å². The molecule has 2 N–H and O–H groups in total. The molecule has 25 heavy (non-hydrogen) atoms. The van der Waals surface area contributed by atoms with E-state index in [1.807, 2.05) is 10.9 Å². The van der Waals surface area contributed by atoms with Crippen LogP contribution in [0.25, 0.3) is 0 Å². The van der Waals surface area contributed by atoms with Crippen molar-refractivity contribution < 1.29 is 4.79 Å². The fraction of sp³-hybridized carbons (Fsp3) is 0.611. The molecule has 1 saturated heterocycles. The van der Waals surface area contributed by atoms with Crippen LogP contribution in [0.4, 0.5) is 5.13 Å². The predicted octanol–water partition coefficient (Wildman–Crippen LogP) is 3.18. The quantitative estimate of drug-likeness (QED) is 0.883. The predicted molar refractivity (Wildman–Crippen MR) is 99.3 cm³/mol. The second kappa shape index (κ2) is 7.66. The molecule has 1 aliphatic carbocycles. The van der Waals surface area contributed by atoms with E-state index in [1.165, 1.54) is 36.3 Å². The number of hydrogen-bond donors (Lipinski definition) is 2. The Morgan fingerprint density at radius 3 is 2.96 bits per heavy atom. The average molecular weight is 359 g/mol. The number of carbonyl (C=O) groups excluding carboxylic acids is 1. The SMILES string of the molecule is O=C(Nc1nc2c(s1)CCCCCC2)c1ccn(C2CCCNC2)n1. The molecule has 0 saturated carbocycles. The highest BCUT2D eigenvalue weighted by Gasteiger charge is 2.19. The van der Waals surface area contributed by atoms with Crippen LogP contribution in [0.1, 0.15) is 65.6 Å². The highest BCUT2D eigenvalue weighted by Crippen LogP contribution is 2.28. The number of rotatable bonds is 3. The largest absolute Gasteiger partial charge is 0.315 e. The van der Waals surface area contributed by atoms with Crippen molar-refractivity contribution in [3.63, 3.8) is 0 Å². The molecule has 1 unspecified atom stereocenters. The third-order valence-electron chi connectivity index (χ3n) is 5.05. The lowest BCUT2D eigenvalue weighted by molar-refractivity contribution is 0.102. The van der Waals surface area contributed by atoms with E-state index in [4.69, 9.17) is 0 Å². The van der Waals surface area contributed by atoms with Crippen molar-refractivity contribution in [2.45, 2.75) is 57.4 Å². The molecule has 134 valence electrons. The van der Waals surface area contributed by atoms with E-state index in [-0.39, 0.29) is 5.91 Å². The van der Waals surface area contributed by atoms with Crippen LogP contribution in [0.3, 0.4) is 0 Å². The second-order valence-corrected chi connectivity index (χ2v) is 8.02. The van der Waals surface area contributed by atoms with Gasteiger partial charge in [0.1, 0.15) is 0 Å². The molecule has 4 rings (SSSR count). The molecule has 0 bridgehead atoms. The van der Waals surface area contributed by atoms with Crippen molar-refractivity contribution in [3.8, 4) is 0 Å². The number of piperidine rings is 1. The van der Waals surface area contributed by atoms with Gasteiger partial charge in [-0.05, 0) is 51.1 Å². The Bertz CT molecular complexity index is 706. The number of hydrogen-bond acceptors (Lipinski definition) is 5. The van der Waals surface area contributed by atoms with Crippen LogP contribution in [-0.2, 0) is 12.8 Å². The lowest BCUT2D eigenvalue weighted by Gasteiger charge is -2.22. The Kier molecular flexibility index (Phi) is 5.12. The highest BCUT2D eigenvalue weighted by molar-refractivity contribution is 7.15. The Balaban J connectivity index is 1.43. The zero-order valence-electron chi connectivity index (χ0n) is 14.5. The average Bonchev–Trinajstić information content (AvgIpc) is 3.23. The van der Waals surface area contributed by atoms with Crippen molar-refractivity contribution >= 4 is 22.4 Å². The summed E-state index contributed by atoms with van der Waals surface area (Å²) in [6.07, 6.45) is 11.3. The zero-order valence-corrected chi connectivity index (χ0v) is 15.3. The number of aryl methyl sites for hydroxylation is 2. The lowest BCUT2D eigenvalue weighted by Crippen LogP contribution is -2.32. The number of thiazole rings is 1. The molecule has 3 heterocycles. The number of nitrogens with zero attached hydrogens (tertiary/aromatic N) is 3. The summed E-state index contributed by atoms with van der Waals surface area (Å²) >= 11 is 1.63. The molecule has 0 spiro atoms. The second-order valence-electron chi connectivity index (χ2n) is 6.94. The minimum atomic E-state index is -0.163. The van der Waals surface area contributed by atoms with E-state index < -0.39 is 0 Å². The van der Waals surface area contributed by atoms with Crippen molar-refractivity contribution in [3.05, 3.63) is 28.5 Å². The number of carbonyl (C=O) groups is 1. The number of nitrogens with one attached hydrogen (secondary N) is 2. The molecular weight excluding hydrogens is 334 g/mol. The summed E-state index contributed by atoms with van der Waals surface area (Å²) in [5.74, 6) is -0.163. The summed E-state index contributed by atoms with van der Waals surface area (Å²) in [6.45, 7) is 1.99. The van der Waals surface area contributed by atoms with Gasteiger partial charge in [-0.15, -0.1) is 11.3 Å². The maximum Gasteiger partial charge on any atom is 0.277 e. The molecular formula is C18H25N5OS. The summed E-state index contributed by atoms with van der Waals surface area (Å²) < 4.78 is 1.92. The van der Waals surface area contributed by atoms with Gasteiger partial charge in [-0.3, -0.25) is 14.8 Å². The minimum absolute atomic E-state index is 0.163. The summed E-state index contributed by atoms with van der Waals surface area (Å²) in [5, 5.41) is 11.5. The monoisotopic (exact) mass is 359 g/mol. The Morgan fingerprint density at radius 2 is 2.12 bits per heavy atom. The van der Waals surface area contributed by atoms with Gasteiger partial charge in [-0.2, -0.15) is 5.10 Å². The number of amides is 1. The molecule has 1 atom stereocenters. The number of fused-ring (bicyclic) bond motifs is 1. The maximum atomic E-state index is 12.5. The van der Waals surface area contributed by atoms with Crippen LogP contribution in [0.15, 0.2) is 12.3 Å². The first-order chi connectivity index (χ1) is 12.3. The third-order valence-corrected chi connectivity index (χ3v) is 6.12. The molecule has 1 aliphatic heterocycles. The first-order valence-corrected chi connectivity index (χ1v) is 10.2. The van der Waals surface area contributed by atoms with Gasteiger partial charge in [0.2, 0.25) is 0 Å². The van der Waals surface area contributed by atoms with Crippen molar-refractivity contribution in [2.75, 3.05) is 18.4 Å². The summed E-state index contributed by atoms with van der Waals surface area (Å²) in [5.41, 5.74) is 1.65. The van der Waals surface area contributed by atoms with Crippen LogP contribution >= 0.6 is 11.3 Å². The van der Waals surface area contributed by atoms with E-state index in [9.17, 15) is 4.79 Å². The van der Waals surface area contributed by atoms with Crippen molar-refractivity contribution in [1.29, 1.82) is 0 Å². The van der Waals surface area contributed by atoms with E-state index >= 15 is 0 Å². The first kappa shape index (κ1) is 16.7. The van der Waals surface area contributed by atoms with E-state index in [0.29, 0.717) is 16.9 Å². The first-order valence-electron chi connectivity index (χ1n) is 9.35. The zero-order chi connectivity index (χ0) is 17.1. The molecule has 0 radical (unpaired) electrons. The smallest absolute Gasteiger partial charge is 0.277 e. The standard InChI is InChI=1S/C18H25N5OS/c24-17(15-9-11-23(22-15)13-6-5-10-19-12-13)21-18-20-14-7-3-1-2-4-8-16(14)25-18/h9,11,13,19H,1-8,10,12H2,(H,20,21,24). The number of anilines is 1. The molecule has 2 aromatic heterocycles. The normalized spacial score (nSPS) is 21.2. The minimum Gasteiger partial charge on any atom is -0.315 e. The maximum absolute atomic E-state index is 12.5. The van der Waals surface area contributed by atoms with Gasteiger partial charge >= 0.3 is 0 Å². The van der Waals surface area contributed by atoms with Crippen LogP contribution in [-0.4, -0.2) is 33.8 Å². The Labute approximate surface area is 152 Å². The van der Waals surface area contributed by atoms with Gasteiger partial charge in [-0.25, -0.2) is 4.98 Å². The fourth-order valence-electron chi connectivity index (χ4n) is 3.64. The van der Waals surface area contributed by atoms with Crippen LogP contribution in [0.5, 0.6) is 0 Å². The Hall–Kier alpha value is -1.73. The number of aromatic nitrogens is 3. The molecule has 2 aliphatic rings. The van der Waals surface area contributed by atoms with Crippen LogP contribution in [0, 0.1) is 0 Å². The molecule has 0 aromatic carbocycles. The van der Waals surface area contributed by atoms with Gasteiger partial charge in [0, 0.05) is 17.6 Å². The van der Waals surface area contributed by atoms with E-state index in [1.54, 1.807) is 17.4 Å². The highest BCUT2D eigenvalue weighted by atomic mass is 32.1. The van der Waals surface area contributed by atoms with Gasteiger partial charge in [0.15, 0.2) is 10.8 Å². The Morgan fingerprint density at radius 1 is 1.24 bits per heavy atom. The van der Waals surface area contributed by atoms with Crippen LogP contribution < -0.4 is 10.6 Å². The van der Waals surface area contributed by atoms with Crippen LogP contribution in [0.2, 0.25) is 0 Å². The van der Waals surface area contributed by atoms with Gasteiger partial charge in [0.25, 0.3) is 5.91 Å². The van der Waals surface area contributed by atoms with Gasteiger partial charge < -0.3 is 5.32 Å². The van der Waals surface area contributed by atoms with Crippen molar-refractivity contribution in [2.24, 2.45) is 0 Å². The lowest BCUT2D eigenvalue weighted by atomic mass is 10.0. The third kappa shape index (κ3) is 3.93. The molecule has 2 aromatic rings.